The Morgan fingerprint density at radius 1 is 0.658 bits per heavy atom. The summed E-state index contributed by atoms with van der Waals surface area (Å²) in [5.41, 5.74) is 9.28. The summed E-state index contributed by atoms with van der Waals surface area (Å²) in [4.78, 5) is 9.67. The van der Waals surface area contributed by atoms with E-state index in [4.69, 9.17) is 4.98 Å². The maximum atomic E-state index is 10.9. The molecule has 0 saturated heterocycles. The first-order chi connectivity index (χ1) is 18.4. The third-order valence-corrected chi connectivity index (χ3v) is 7.86. The first-order valence-corrected chi connectivity index (χ1v) is 13.5. The second kappa shape index (κ2) is 9.55. The molecule has 4 aromatic carbocycles. The number of thiazole rings is 1. The largest absolute Gasteiger partial charge is 0.507 e. The first kappa shape index (κ1) is 24.1. The highest BCUT2D eigenvalue weighted by molar-refractivity contribution is 7.21. The molecule has 0 aliphatic carbocycles. The number of phenols is 1. The van der Waals surface area contributed by atoms with Crippen molar-refractivity contribution >= 4 is 21.6 Å². The van der Waals surface area contributed by atoms with Crippen molar-refractivity contribution in [1.29, 1.82) is 0 Å². The van der Waals surface area contributed by atoms with Gasteiger partial charge < -0.3 is 5.11 Å². The van der Waals surface area contributed by atoms with E-state index in [1.807, 2.05) is 54.7 Å². The minimum Gasteiger partial charge on any atom is -0.507 e. The van der Waals surface area contributed by atoms with E-state index in [9.17, 15) is 5.11 Å². The smallest absolute Gasteiger partial charge is 0.128 e. The summed E-state index contributed by atoms with van der Waals surface area (Å²) in [6.07, 6.45) is 1.82. The fourth-order valence-corrected chi connectivity index (χ4v) is 5.75. The standard InChI is InChI=1S/C34H28N2OS/c1-34(2,3)26-20-27(24-12-9-13-25(18-24)29-14-7-8-17-35-29)32-31(21-26)38-33(36-32)28-19-23(15-16-30(28)37)22-10-5-4-6-11-22/h4-21,37H,1-3H3. The molecular weight excluding hydrogens is 484 g/mol. The zero-order chi connectivity index (χ0) is 26.3. The molecule has 0 spiro atoms. The number of pyridine rings is 1. The Balaban J connectivity index is 1.54. The molecule has 2 aromatic heterocycles. The van der Waals surface area contributed by atoms with Gasteiger partial charge in [-0.15, -0.1) is 11.3 Å². The average Bonchev–Trinajstić information content (AvgIpc) is 3.37. The zero-order valence-electron chi connectivity index (χ0n) is 21.6. The van der Waals surface area contributed by atoms with Gasteiger partial charge in [0.25, 0.3) is 0 Å². The second-order valence-corrected chi connectivity index (χ2v) is 11.6. The van der Waals surface area contributed by atoms with Gasteiger partial charge >= 0.3 is 0 Å². The van der Waals surface area contributed by atoms with E-state index in [0.29, 0.717) is 0 Å². The van der Waals surface area contributed by atoms with Crippen LogP contribution < -0.4 is 0 Å². The van der Waals surface area contributed by atoms with Gasteiger partial charge in [0.15, 0.2) is 0 Å². The lowest BCUT2D eigenvalue weighted by atomic mass is 9.85. The summed E-state index contributed by atoms with van der Waals surface area (Å²) in [7, 11) is 0. The van der Waals surface area contributed by atoms with Crippen LogP contribution in [0.5, 0.6) is 5.75 Å². The van der Waals surface area contributed by atoms with Crippen molar-refractivity contribution in [2.24, 2.45) is 0 Å². The number of hydrogen-bond acceptors (Lipinski definition) is 4. The van der Waals surface area contributed by atoms with Crippen molar-refractivity contribution in [3.8, 4) is 49.8 Å². The van der Waals surface area contributed by atoms with Crippen LogP contribution in [0.25, 0.3) is 54.3 Å². The van der Waals surface area contributed by atoms with Gasteiger partial charge in [-0.1, -0.05) is 81.4 Å². The van der Waals surface area contributed by atoms with E-state index >= 15 is 0 Å². The summed E-state index contributed by atoms with van der Waals surface area (Å²) in [6, 6.07) is 35.0. The average molecular weight is 513 g/mol. The van der Waals surface area contributed by atoms with Gasteiger partial charge in [0.1, 0.15) is 10.8 Å². The molecule has 0 fully saturated rings. The molecule has 3 nitrogen and oxygen atoms in total. The summed E-state index contributed by atoms with van der Waals surface area (Å²) < 4.78 is 1.11. The summed E-state index contributed by atoms with van der Waals surface area (Å²) in [6.45, 7) is 6.71. The highest BCUT2D eigenvalue weighted by Gasteiger charge is 2.21. The minimum absolute atomic E-state index is 0.0267. The predicted octanol–water partition coefficient (Wildman–Crippen LogP) is 9.36. The molecule has 38 heavy (non-hydrogen) atoms. The van der Waals surface area contributed by atoms with Crippen molar-refractivity contribution in [2.75, 3.05) is 0 Å². The van der Waals surface area contributed by atoms with Crippen LogP contribution in [0.15, 0.2) is 109 Å². The van der Waals surface area contributed by atoms with Gasteiger partial charge in [0, 0.05) is 17.3 Å². The monoisotopic (exact) mass is 512 g/mol. The van der Waals surface area contributed by atoms with Crippen LogP contribution in [0.2, 0.25) is 0 Å². The Morgan fingerprint density at radius 3 is 2.18 bits per heavy atom. The molecule has 6 aromatic rings. The lowest BCUT2D eigenvalue weighted by Crippen LogP contribution is -2.11. The molecule has 6 rings (SSSR count). The molecule has 1 N–H and O–H groups in total. The van der Waals surface area contributed by atoms with Crippen LogP contribution in [0, 0.1) is 0 Å². The Hall–Kier alpha value is -4.28. The molecule has 0 bridgehead atoms. The normalized spacial score (nSPS) is 11.7. The molecule has 4 heteroatoms. The SMILES string of the molecule is CC(C)(C)c1cc(-c2cccc(-c3ccccn3)c2)c2nc(-c3cc(-c4ccccc4)ccc3O)sc2c1. The molecule has 0 saturated carbocycles. The van der Waals surface area contributed by atoms with E-state index in [1.54, 1.807) is 17.4 Å². The van der Waals surface area contributed by atoms with E-state index in [-0.39, 0.29) is 11.2 Å². The second-order valence-electron chi connectivity index (χ2n) is 10.5. The molecule has 0 unspecified atom stereocenters. The molecule has 0 aliphatic heterocycles. The van der Waals surface area contributed by atoms with E-state index in [0.717, 1.165) is 54.3 Å². The third-order valence-electron chi connectivity index (χ3n) is 6.83. The maximum absolute atomic E-state index is 10.9. The fourth-order valence-electron chi connectivity index (χ4n) is 4.69. The number of nitrogens with zero attached hydrogens (tertiary/aromatic N) is 2. The lowest BCUT2D eigenvalue weighted by Gasteiger charge is -2.20. The fraction of sp³-hybridized carbons (Fsp3) is 0.118. The molecule has 0 radical (unpaired) electrons. The third kappa shape index (κ3) is 4.59. The molecule has 2 heterocycles. The Bertz CT molecular complexity index is 1750. The summed E-state index contributed by atoms with van der Waals surface area (Å²) >= 11 is 1.62. The van der Waals surface area contributed by atoms with Crippen LogP contribution in [0.3, 0.4) is 0 Å². The quantitative estimate of drug-likeness (QED) is 0.256. The van der Waals surface area contributed by atoms with Gasteiger partial charge in [-0.25, -0.2) is 4.98 Å². The van der Waals surface area contributed by atoms with Crippen LogP contribution in [-0.2, 0) is 5.41 Å². The van der Waals surface area contributed by atoms with E-state index in [1.165, 1.54) is 5.56 Å². The molecule has 186 valence electrons. The zero-order valence-corrected chi connectivity index (χ0v) is 22.5. The maximum Gasteiger partial charge on any atom is 0.128 e. The molecule has 0 aliphatic rings. The van der Waals surface area contributed by atoms with Gasteiger partial charge in [-0.05, 0) is 70.1 Å². The minimum atomic E-state index is -0.0267. The Morgan fingerprint density at radius 2 is 1.42 bits per heavy atom. The number of benzene rings is 4. The van der Waals surface area contributed by atoms with Gasteiger partial charge in [-0.2, -0.15) is 0 Å². The van der Waals surface area contributed by atoms with Crippen LogP contribution >= 0.6 is 11.3 Å². The Kier molecular flexibility index (Phi) is 6.05. The van der Waals surface area contributed by atoms with Gasteiger partial charge in [-0.3, -0.25) is 4.98 Å². The van der Waals surface area contributed by atoms with Crippen molar-refractivity contribution in [3.05, 3.63) is 115 Å². The highest BCUT2D eigenvalue weighted by Crippen LogP contribution is 2.42. The van der Waals surface area contributed by atoms with E-state index in [2.05, 4.69) is 74.3 Å². The predicted molar refractivity (Wildman–Crippen MR) is 160 cm³/mol. The van der Waals surface area contributed by atoms with Gasteiger partial charge in [0.05, 0.1) is 21.5 Å². The van der Waals surface area contributed by atoms with Crippen molar-refractivity contribution in [2.45, 2.75) is 26.2 Å². The van der Waals surface area contributed by atoms with E-state index < -0.39 is 0 Å². The van der Waals surface area contributed by atoms with Crippen LogP contribution in [0.4, 0.5) is 0 Å². The van der Waals surface area contributed by atoms with Crippen molar-refractivity contribution in [1.82, 2.24) is 9.97 Å². The van der Waals surface area contributed by atoms with Crippen LogP contribution in [0.1, 0.15) is 26.3 Å². The lowest BCUT2D eigenvalue weighted by molar-refractivity contribution is 0.477. The van der Waals surface area contributed by atoms with Gasteiger partial charge in [0.2, 0.25) is 0 Å². The number of rotatable bonds is 4. The summed E-state index contributed by atoms with van der Waals surface area (Å²) in [5.74, 6) is 0.235. The number of hydrogen-bond donors (Lipinski definition) is 1. The topological polar surface area (TPSA) is 46.0 Å². The number of aromatic nitrogens is 2. The first-order valence-electron chi connectivity index (χ1n) is 12.7. The highest BCUT2D eigenvalue weighted by atomic mass is 32.1. The van der Waals surface area contributed by atoms with Crippen LogP contribution in [-0.4, -0.2) is 15.1 Å². The number of aromatic hydroxyl groups is 1. The number of fused-ring (bicyclic) bond motifs is 1. The number of phenolic OH excluding ortho intramolecular Hbond substituents is 1. The molecule has 0 amide bonds. The summed E-state index contributed by atoms with van der Waals surface area (Å²) in [5, 5.41) is 11.7. The van der Waals surface area contributed by atoms with Crippen molar-refractivity contribution < 1.29 is 5.11 Å². The molecular formula is C34H28N2OS. The van der Waals surface area contributed by atoms with Crippen molar-refractivity contribution in [3.63, 3.8) is 0 Å². The Labute approximate surface area is 227 Å². The molecule has 0 atom stereocenters.